The molecule has 3 amide bonds. The molecular formula is C22H30N5O2+. The third-order valence-electron chi connectivity index (χ3n) is 6.01. The molecular weight excluding hydrogens is 366 g/mol. The molecule has 1 aromatic heterocycles. The van der Waals surface area contributed by atoms with E-state index >= 15 is 0 Å². The Morgan fingerprint density at radius 2 is 1.79 bits per heavy atom. The Kier molecular flexibility index (Phi) is 5.67. The fourth-order valence-corrected chi connectivity index (χ4v) is 4.52. The summed E-state index contributed by atoms with van der Waals surface area (Å²) in [6, 6.07) is 9.98. The first kappa shape index (κ1) is 19.6. The number of carbonyl (C=O) groups is 2. The molecule has 4 rings (SSSR count). The second-order valence-corrected chi connectivity index (χ2v) is 8.48. The molecule has 1 aliphatic heterocycles. The lowest BCUT2D eigenvalue weighted by Gasteiger charge is -2.25. The van der Waals surface area contributed by atoms with Crippen molar-refractivity contribution in [1.29, 1.82) is 0 Å². The van der Waals surface area contributed by atoms with E-state index in [-0.39, 0.29) is 11.9 Å². The van der Waals surface area contributed by atoms with Gasteiger partial charge in [0.2, 0.25) is 0 Å². The van der Waals surface area contributed by atoms with E-state index in [1.165, 1.54) is 10.5 Å². The van der Waals surface area contributed by atoms with Gasteiger partial charge in [-0.2, -0.15) is 5.10 Å². The molecule has 1 aromatic carbocycles. The van der Waals surface area contributed by atoms with E-state index in [2.05, 4.69) is 22.5 Å². The summed E-state index contributed by atoms with van der Waals surface area (Å²) in [7, 11) is 2.01. The number of hydrogen-bond acceptors (Lipinski definition) is 3. The van der Waals surface area contributed by atoms with E-state index in [0.717, 1.165) is 55.5 Å². The van der Waals surface area contributed by atoms with Crippen LogP contribution in [-0.2, 0) is 17.9 Å². The standard InChI is InChI=1S/C22H29N5O2/c1-25(14-19-13-23-26(16-19)15-18-9-5-4-6-10-18)17-27-20(28)22(24-21(27)29)11-7-2-3-8-12-22/h4-6,9-10,13,16H,2-3,7-8,11-12,14-15,17H2,1H3,(H,24,29)/p+1. The van der Waals surface area contributed by atoms with Crippen LogP contribution in [0.15, 0.2) is 42.7 Å². The molecule has 1 unspecified atom stereocenters. The van der Waals surface area contributed by atoms with Crippen LogP contribution in [0.25, 0.3) is 0 Å². The summed E-state index contributed by atoms with van der Waals surface area (Å²) in [6.07, 6.45) is 9.72. The van der Waals surface area contributed by atoms with Crippen molar-refractivity contribution in [2.75, 3.05) is 13.7 Å². The predicted molar refractivity (Wildman–Crippen MR) is 109 cm³/mol. The minimum absolute atomic E-state index is 0.0384. The molecule has 1 saturated heterocycles. The summed E-state index contributed by atoms with van der Waals surface area (Å²) >= 11 is 0. The molecule has 2 N–H and O–H groups in total. The molecule has 2 aliphatic rings. The molecule has 29 heavy (non-hydrogen) atoms. The Labute approximate surface area is 171 Å². The van der Waals surface area contributed by atoms with Gasteiger partial charge in [-0.25, -0.2) is 9.69 Å². The Morgan fingerprint density at radius 1 is 1.07 bits per heavy atom. The minimum atomic E-state index is -0.658. The summed E-state index contributed by atoms with van der Waals surface area (Å²) in [4.78, 5) is 28.1. The number of nitrogens with zero attached hydrogens (tertiary/aromatic N) is 3. The van der Waals surface area contributed by atoms with Crippen LogP contribution in [0.1, 0.15) is 49.7 Å². The van der Waals surface area contributed by atoms with Crippen LogP contribution in [0.5, 0.6) is 0 Å². The molecule has 1 saturated carbocycles. The smallest absolute Gasteiger partial charge is 0.323 e. The molecule has 154 valence electrons. The second-order valence-electron chi connectivity index (χ2n) is 8.48. The Morgan fingerprint density at radius 3 is 2.52 bits per heavy atom. The summed E-state index contributed by atoms with van der Waals surface area (Å²) in [5.41, 5.74) is 1.64. The van der Waals surface area contributed by atoms with Crippen molar-refractivity contribution in [3.63, 3.8) is 0 Å². The highest BCUT2D eigenvalue weighted by Gasteiger charge is 2.51. The average Bonchev–Trinajstić information content (AvgIpc) is 3.11. The first-order valence-electron chi connectivity index (χ1n) is 10.6. The molecule has 0 bridgehead atoms. The van der Waals surface area contributed by atoms with E-state index < -0.39 is 5.54 Å². The molecule has 7 nitrogen and oxygen atoms in total. The topological polar surface area (TPSA) is 71.7 Å². The van der Waals surface area contributed by atoms with Gasteiger partial charge >= 0.3 is 6.03 Å². The zero-order valence-electron chi connectivity index (χ0n) is 17.1. The molecule has 0 radical (unpaired) electrons. The van der Waals surface area contributed by atoms with Crippen molar-refractivity contribution in [2.45, 2.75) is 57.2 Å². The van der Waals surface area contributed by atoms with Gasteiger partial charge in [0.15, 0.2) is 6.67 Å². The van der Waals surface area contributed by atoms with Crippen molar-refractivity contribution >= 4 is 11.9 Å². The third kappa shape index (κ3) is 4.34. The molecule has 7 heteroatoms. The SMILES string of the molecule is C[NH+](Cc1cnn(Cc2ccccc2)c1)CN1C(=O)NC2(CCCCCC2)C1=O. The zero-order valence-corrected chi connectivity index (χ0v) is 17.1. The fraction of sp³-hybridized carbons (Fsp3) is 0.500. The summed E-state index contributed by atoms with van der Waals surface area (Å²) in [5.74, 6) is -0.0384. The molecule has 1 atom stereocenters. The van der Waals surface area contributed by atoms with Gasteiger partial charge in [0.1, 0.15) is 12.1 Å². The van der Waals surface area contributed by atoms with Crippen molar-refractivity contribution in [3.8, 4) is 0 Å². The van der Waals surface area contributed by atoms with E-state index in [1.54, 1.807) is 0 Å². The maximum absolute atomic E-state index is 13.1. The fourth-order valence-electron chi connectivity index (χ4n) is 4.52. The Hall–Kier alpha value is -2.67. The average molecular weight is 397 g/mol. The lowest BCUT2D eigenvalue weighted by molar-refractivity contribution is -0.901. The quantitative estimate of drug-likeness (QED) is 0.728. The van der Waals surface area contributed by atoms with Crippen LogP contribution in [-0.4, -0.2) is 45.9 Å². The predicted octanol–water partition coefficient (Wildman–Crippen LogP) is 1.55. The maximum atomic E-state index is 13.1. The highest BCUT2D eigenvalue weighted by molar-refractivity contribution is 6.06. The molecule has 2 heterocycles. The first-order valence-corrected chi connectivity index (χ1v) is 10.6. The van der Waals surface area contributed by atoms with Crippen LogP contribution in [0, 0.1) is 0 Å². The van der Waals surface area contributed by atoms with Crippen LogP contribution in [0.3, 0.4) is 0 Å². The Bertz CT molecular complexity index is 855. The maximum Gasteiger partial charge on any atom is 0.329 e. The number of imide groups is 1. The number of hydrogen-bond donors (Lipinski definition) is 2. The summed E-state index contributed by atoms with van der Waals surface area (Å²) < 4.78 is 1.92. The van der Waals surface area contributed by atoms with Crippen LogP contribution < -0.4 is 10.2 Å². The van der Waals surface area contributed by atoms with Crippen molar-refractivity contribution in [1.82, 2.24) is 20.0 Å². The second kappa shape index (κ2) is 8.37. The number of quaternary nitrogens is 1. The van der Waals surface area contributed by atoms with E-state index in [0.29, 0.717) is 13.2 Å². The van der Waals surface area contributed by atoms with Crippen molar-refractivity contribution in [2.24, 2.45) is 0 Å². The van der Waals surface area contributed by atoms with Gasteiger partial charge in [0, 0.05) is 11.8 Å². The van der Waals surface area contributed by atoms with Gasteiger partial charge in [-0.05, 0) is 18.4 Å². The highest BCUT2D eigenvalue weighted by atomic mass is 16.2. The van der Waals surface area contributed by atoms with Gasteiger partial charge in [-0.1, -0.05) is 56.0 Å². The normalized spacial score (nSPS) is 20.0. The number of carbonyl (C=O) groups excluding carboxylic acids is 2. The highest BCUT2D eigenvalue weighted by Crippen LogP contribution is 2.32. The number of amides is 3. The van der Waals surface area contributed by atoms with E-state index in [4.69, 9.17) is 0 Å². The number of urea groups is 1. The first-order chi connectivity index (χ1) is 14.1. The number of rotatable bonds is 6. The van der Waals surface area contributed by atoms with Gasteiger partial charge in [-0.3, -0.25) is 9.48 Å². The number of benzene rings is 1. The van der Waals surface area contributed by atoms with E-state index in [9.17, 15) is 9.59 Å². The summed E-state index contributed by atoms with van der Waals surface area (Å²) in [5, 5.41) is 7.47. The molecule has 2 aromatic rings. The number of nitrogens with one attached hydrogen (secondary N) is 2. The van der Waals surface area contributed by atoms with Crippen LogP contribution >= 0.6 is 0 Å². The zero-order chi connectivity index (χ0) is 20.3. The third-order valence-corrected chi connectivity index (χ3v) is 6.01. The largest absolute Gasteiger partial charge is 0.329 e. The number of aromatic nitrogens is 2. The van der Waals surface area contributed by atoms with Gasteiger partial charge in [0.25, 0.3) is 5.91 Å². The minimum Gasteiger partial charge on any atom is -0.323 e. The van der Waals surface area contributed by atoms with Gasteiger partial charge < -0.3 is 10.2 Å². The molecule has 1 aliphatic carbocycles. The van der Waals surface area contributed by atoms with E-state index in [1.807, 2.05) is 42.3 Å². The van der Waals surface area contributed by atoms with Crippen molar-refractivity contribution in [3.05, 3.63) is 53.9 Å². The lowest BCUT2D eigenvalue weighted by Crippen LogP contribution is -3.09. The van der Waals surface area contributed by atoms with Gasteiger partial charge in [-0.15, -0.1) is 0 Å². The van der Waals surface area contributed by atoms with Crippen molar-refractivity contribution < 1.29 is 14.5 Å². The van der Waals surface area contributed by atoms with Crippen LogP contribution in [0.2, 0.25) is 0 Å². The lowest BCUT2D eigenvalue weighted by atomic mass is 9.90. The van der Waals surface area contributed by atoms with Gasteiger partial charge in [0.05, 0.1) is 19.8 Å². The molecule has 2 fully saturated rings. The molecule has 1 spiro atoms. The monoisotopic (exact) mass is 396 g/mol. The summed E-state index contributed by atoms with van der Waals surface area (Å²) in [6.45, 7) is 1.81. The Balaban J connectivity index is 1.35. The van der Waals surface area contributed by atoms with Crippen LogP contribution in [0.4, 0.5) is 4.79 Å².